The number of hydrogen-bond donors (Lipinski definition) is 0. The lowest BCUT2D eigenvalue weighted by molar-refractivity contribution is 1.16. The highest BCUT2D eigenvalue weighted by Crippen LogP contribution is 2.47. The molecule has 0 N–H and O–H groups in total. The molecule has 1 aromatic heterocycles. The van der Waals surface area contributed by atoms with E-state index in [1.54, 1.807) is 0 Å². The van der Waals surface area contributed by atoms with Gasteiger partial charge < -0.3 is 9.47 Å². The third kappa shape index (κ3) is 4.33. The minimum atomic E-state index is 1.02. The summed E-state index contributed by atoms with van der Waals surface area (Å²) in [7, 11) is 0. The summed E-state index contributed by atoms with van der Waals surface area (Å²) in [5.74, 6) is 0. The van der Waals surface area contributed by atoms with Gasteiger partial charge in [0.15, 0.2) is 0 Å². The van der Waals surface area contributed by atoms with Crippen molar-refractivity contribution in [3.63, 3.8) is 0 Å². The number of anilines is 3. The number of hydrogen-bond acceptors (Lipinski definition) is 1. The summed E-state index contributed by atoms with van der Waals surface area (Å²) in [5, 5.41) is 12.3. The van der Waals surface area contributed by atoms with E-state index in [1.807, 2.05) is 0 Å². The lowest BCUT2D eigenvalue weighted by Crippen LogP contribution is -2.12. The second-order valence-corrected chi connectivity index (χ2v) is 13.5. The number of aromatic nitrogens is 1. The van der Waals surface area contributed by atoms with Gasteiger partial charge in [-0.2, -0.15) is 0 Å². The van der Waals surface area contributed by atoms with Crippen molar-refractivity contribution in [2.24, 2.45) is 0 Å². The van der Waals surface area contributed by atoms with Crippen LogP contribution in [0.5, 0.6) is 0 Å². The van der Waals surface area contributed by atoms with Crippen molar-refractivity contribution in [3.05, 3.63) is 180 Å². The molecule has 1 heterocycles. The molecule has 0 saturated carbocycles. The molecule has 10 rings (SSSR count). The van der Waals surface area contributed by atoms with Crippen molar-refractivity contribution in [1.29, 1.82) is 0 Å². The summed E-state index contributed by atoms with van der Waals surface area (Å²) in [6.07, 6.45) is 0. The van der Waals surface area contributed by atoms with E-state index in [0.717, 1.165) is 27.2 Å². The van der Waals surface area contributed by atoms with E-state index in [0.29, 0.717) is 0 Å². The summed E-state index contributed by atoms with van der Waals surface area (Å²) in [6.45, 7) is 0. The Labute approximate surface area is 292 Å². The maximum atomic E-state index is 4.23. The van der Waals surface area contributed by atoms with Crippen LogP contribution in [0.2, 0.25) is 0 Å². The van der Waals surface area contributed by atoms with E-state index in [9.17, 15) is 0 Å². The van der Waals surface area contributed by atoms with Gasteiger partial charge in [-0.25, -0.2) is 0 Å². The van der Waals surface area contributed by atoms with Crippen LogP contribution in [0.3, 0.4) is 0 Å². The number of benzene rings is 9. The van der Waals surface area contributed by atoms with Gasteiger partial charge in [0.2, 0.25) is 0 Å². The zero-order valence-electron chi connectivity index (χ0n) is 26.5. The molecule has 10 aromatic rings. The fourth-order valence-electron chi connectivity index (χ4n) is 7.78. The Morgan fingerprint density at radius 3 is 1.51 bits per heavy atom. The Hall–Kier alpha value is -5.90. The van der Waals surface area contributed by atoms with Gasteiger partial charge in [-0.05, 0) is 90.7 Å². The average Bonchev–Trinajstić information content (AvgIpc) is 3.48. The van der Waals surface area contributed by atoms with Gasteiger partial charge in [-0.15, -0.1) is 0 Å². The summed E-state index contributed by atoms with van der Waals surface area (Å²) in [5.41, 5.74) is 6.79. The molecule has 0 unspecified atom stereocenters. The Kier molecular flexibility index (Phi) is 6.37. The zero-order valence-corrected chi connectivity index (χ0v) is 28.1. The molecule has 0 spiro atoms. The first-order valence-corrected chi connectivity index (χ1v) is 17.4. The lowest BCUT2D eigenvalue weighted by atomic mass is 10.0. The van der Waals surface area contributed by atoms with Crippen LogP contribution in [0.15, 0.2) is 180 Å². The summed E-state index contributed by atoms with van der Waals surface area (Å²) in [4.78, 5) is 2.43. The first-order valence-electron chi connectivity index (χ1n) is 16.6. The SMILES string of the molecule is Brc1c(N(c2cccc3ccccc23)c2cccc3ccccc23)cccc1-n1c2cc3ccccc3cc2c2c3ccccc3ccc21. The zero-order chi connectivity index (χ0) is 32.5. The third-order valence-electron chi connectivity index (χ3n) is 9.98. The van der Waals surface area contributed by atoms with Crippen molar-refractivity contribution >= 4 is 97.9 Å². The van der Waals surface area contributed by atoms with Gasteiger partial charge in [-0.1, -0.05) is 133 Å². The van der Waals surface area contributed by atoms with Gasteiger partial charge in [-0.3, -0.25) is 0 Å². The van der Waals surface area contributed by atoms with Gasteiger partial charge >= 0.3 is 0 Å². The van der Waals surface area contributed by atoms with E-state index < -0.39 is 0 Å². The topological polar surface area (TPSA) is 8.17 Å². The fourth-order valence-corrected chi connectivity index (χ4v) is 8.40. The molecule has 49 heavy (non-hydrogen) atoms. The largest absolute Gasteiger partial charge is 0.308 e. The van der Waals surface area contributed by atoms with Crippen LogP contribution in [0.1, 0.15) is 0 Å². The van der Waals surface area contributed by atoms with Gasteiger partial charge in [0.25, 0.3) is 0 Å². The first-order chi connectivity index (χ1) is 24.2. The predicted octanol–water partition coefficient (Wildman–Crippen LogP) is 13.6. The highest BCUT2D eigenvalue weighted by molar-refractivity contribution is 9.10. The van der Waals surface area contributed by atoms with Gasteiger partial charge in [0, 0.05) is 21.5 Å². The molecule has 230 valence electrons. The summed E-state index contributed by atoms with van der Waals surface area (Å²) in [6, 6.07) is 63.8. The predicted molar refractivity (Wildman–Crippen MR) is 213 cm³/mol. The van der Waals surface area contributed by atoms with Crippen LogP contribution in [0.4, 0.5) is 17.1 Å². The molecule has 0 saturated heterocycles. The maximum Gasteiger partial charge on any atom is 0.0656 e. The quantitative estimate of drug-likeness (QED) is 0.179. The Morgan fingerprint density at radius 1 is 0.367 bits per heavy atom. The highest BCUT2D eigenvalue weighted by Gasteiger charge is 2.23. The van der Waals surface area contributed by atoms with Crippen molar-refractivity contribution < 1.29 is 0 Å². The average molecular weight is 690 g/mol. The second kappa shape index (κ2) is 11.1. The molecular weight excluding hydrogens is 660 g/mol. The van der Waals surface area contributed by atoms with E-state index in [2.05, 4.69) is 201 Å². The molecular formula is C46H29BrN2. The molecule has 2 nitrogen and oxygen atoms in total. The minimum Gasteiger partial charge on any atom is -0.308 e. The van der Waals surface area contributed by atoms with Crippen LogP contribution >= 0.6 is 15.9 Å². The standard InChI is InChI=1S/C46H29BrN2/c47-46-42(48(39-22-9-17-30-12-3-6-19-35(30)39)40-23-10-18-31-13-4-7-20-36(31)40)24-11-25-43(46)49-41-27-26-32-14-5-8-21-37(32)45(41)38-28-33-15-1-2-16-34(33)29-44(38)49/h1-29H. The fraction of sp³-hybridized carbons (Fsp3) is 0. The Morgan fingerprint density at radius 2 is 0.857 bits per heavy atom. The molecule has 0 aliphatic carbocycles. The molecule has 9 aromatic carbocycles. The minimum absolute atomic E-state index is 1.02. The number of nitrogens with zero attached hydrogens (tertiary/aromatic N) is 2. The van der Waals surface area contributed by atoms with Crippen LogP contribution in [0.25, 0.3) is 70.6 Å². The van der Waals surface area contributed by atoms with E-state index in [1.165, 1.54) is 64.9 Å². The monoisotopic (exact) mass is 688 g/mol. The first kappa shape index (κ1) is 28.1. The van der Waals surface area contributed by atoms with E-state index in [-0.39, 0.29) is 0 Å². The van der Waals surface area contributed by atoms with Gasteiger partial charge in [0.05, 0.1) is 38.3 Å². The molecule has 0 atom stereocenters. The molecule has 0 bridgehead atoms. The molecule has 0 radical (unpaired) electrons. The summed E-state index contributed by atoms with van der Waals surface area (Å²) >= 11 is 4.23. The number of rotatable bonds is 4. The lowest BCUT2D eigenvalue weighted by Gasteiger charge is -2.30. The molecule has 0 aliphatic rings. The van der Waals surface area contributed by atoms with E-state index in [4.69, 9.17) is 0 Å². The van der Waals surface area contributed by atoms with Gasteiger partial charge in [0.1, 0.15) is 0 Å². The van der Waals surface area contributed by atoms with Crippen LogP contribution in [-0.2, 0) is 0 Å². The normalized spacial score (nSPS) is 11.8. The summed E-state index contributed by atoms with van der Waals surface area (Å²) < 4.78 is 3.47. The number of fused-ring (bicyclic) bond motifs is 8. The second-order valence-electron chi connectivity index (χ2n) is 12.7. The smallest absolute Gasteiger partial charge is 0.0656 e. The van der Waals surface area contributed by atoms with Crippen molar-refractivity contribution in [3.8, 4) is 5.69 Å². The Balaban J connectivity index is 1.31. The maximum absolute atomic E-state index is 4.23. The number of halogens is 1. The van der Waals surface area contributed by atoms with Crippen LogP contribution in [0, 0.1) is 0 Å². The molecule has 0 fully saturated rings. The van der Waals surface area contributed by atoms with Crippen molar-refractivity contribution in [2.45, 2.75) is 0 Å². The van der Waals surface area contributed by atoms with Crippen LogP contribution < -0.4 is 4.90 Å². The van der Waals surface area contributed by atoms with E-state index >= 15 is 0 Å². The highest BCUT2D eigenvalue weighted by atomic mass is 79.9. The molecule has 0 amide bonds. The van der Waals surface area contributed by atoms with Crippen molar-refractivity contribution in [2.75, 3.05) is 4.90 Å². The van der Waals surface area contributed by atoms with Crippen LogP contribution in [-0.4, -0.2) is 4.57 Å². The van der Waals surface area contributed by atoms with Crippen molar-refractivity contribution in [1.82, 2.24) is 4.57 Å². The molecule has 3 heteroatoms. The molecule has 0 aliphatic heterocycles. The third-order valence-corrected chi connectivity index (χ3v) is 10.8. The Bertz CT molecular complexity index is 2830.